The summed E-state index contributed by atoms with van der Waals surface area (Å²) in [6, 6.07) is 6.88. The molecule has 0 heterocycles. The van der Waals surface area contributed by atoms with E-state index in [2.05, 4.69) is 5.32 Å². The molecule has 1 unspecified atom stereocenters. The molecule has 0 spiro atoms. The Balaban J connectivity index is 2.09. The summed E-state index contributed by atoms with van der Waals surface area (Å²) in [5.74, 6) is -0.290. The number of ether oxygens (including phenoxy) is 1. The maximum absolute atomic E-state index is 12.4. The molecule has 1 N–H and O–H groups in total. The number of nitrogens with one attached hydrogen (secondary N) is 1. The van der Waals surface area contributed by atoms with Crippen LogP contribution in [0.3, 0.4) is 0 Å². The average molecular weight is 357 g/mol. The van der Waals surface area contributed by atoms with Crippen LogP contribution in [0.25, 0.3) is 0 Å². The Morgan fingerprint density at radius 2 is 1.69 bits per heavy atom. The van der Waals surface area contributed by atoms with Crippen LogP contribution in [0, 0.1) is 5.41 Å². The molecule has 1 atom stereocenters. The molecule has 0 bridgehead atoms. The second-order valence-corrected chi connectivity index (χ2v) is 6.93. The van der Waals surface area contributed by atoms with Gasteiger partial charge in [0, 0.05) is 37.4 Å². The molecule has 0 amide bonds. The van der Waals surface area contributed by atoms with Crippen LogP contribution in [-0.4, -0.2) is 30.6 Å². The molecule has 2 rings (SSSR count). The van der Waals surface area contributed by atoms with Crippen molar-refractivity contribution in [2.24, 2.45) is 5.41 Å². The van der Waals surface area contributed by atoms with Gasteiger partial charge in [-0.15, -0.1) is 0 Å². The van der Waals surface area contributed by atoms with E-state index in [1.807, 2.05) is 13.8 Å². The molecule has 5 heteroatoms. The van der Waals surface area contributed by atoms with Gasteiger partial charge in [-0.25, -0.2) is 0 Å². The number of carbonyl (C=O) groups is 3. The van der Waals surface area contributed by atoms with E-state index >= 15 is 0 Å². The minimum Gasteiger partial charge on any atom is -0.374 e. The van der Waals surface area contributed by atoms with Gasteiger partial charge in [-0.2, -0.15) is 0 Å². The first-order chi connectivity index (χ1) is 12.4. The van der Waals surface area contributed by atoms with Crippen molar-refractivity contribution in [1.29, 1.82) is 0 Å². The van der Waals surface area contributed by atoms with Crippen molar-refractivity contribution in [3.05, 3.63) is 41.6 Å². The van der Waals surface area contributed by atoms with Gasteiger partial charge in [0.2, 0.25) is 0 Å². The largest absolute Gasteiger partial charge is 0.374 e. The van der Waals surface area contributed by atoms with E-state index in [1.165, 1.54) is 13.3 Å². The molecule has 0 saturated heterocycles. The van der Waals surface area contributed by atoms with E-state index < -0.39 is 6.10 Å². The van der Waals surface area contributed by atoms with Crippen LogP contribution in [0.1, 0.15) is 56.8 Å². The van der Waals surface area contributed by atoms with Gasteiger partial charge in [-0.3, -0.25) is 14.4 Å². The lowest BCUT2D eigenvalue weighted by Gasteiger charge is -2.34. The van der Waals surface area contributed by atoms with E-state index in [0.717, 1.165) is 12.8 Å². The molecule has 140 valence electrons. The minimum atomic E-state index is -0.495. The number of benzene rings is 1. The number of anilines is 1. The number of hydrogen-bond donors (Lipinski definition) is 1. The van der Waals surface area contributed by atoms with E-state index in [1.54, 1.807) is 31.2 Å². The Kier molecular flexibility index (Phi) is 6.48. The number of Topliss-reactive ketones (excluding diaryl/α,β-unsaturated/α-hetero) is 3. The molecule has 1 fully saturated rings. The number of allylic oxidation sites excluding steroid dienone is 1. The summed E-state index contributed by atoms with van der Waals surface area (Å²) in [7, 11) is 1.49. The number of carbonyl (C=O) groups excluding carboxylic acids is 3. The fourth-order valence-electron chi connectivity index (χ4n) is 3.23. The fraction of sp³-hybridized carbons (Fsp3) is 0.476. The standard InChI is InChI=1S/C21H27NO4/c1-5-21(6-2)11-18(23)17(19(24)12-21)13-22-16-9-7-15(8-10-16)20(25)14(3)26-4/h7-10,13-14,22H,5-6,11-12H2,1-4H3. The third kappa shape index (κ3) is 4.28. The number of methoxy groups -OCH3 is 1. The van der Waals surface area contributed by atoms with Crippen LogP contribution in [-0.2, 0) is 14.3 Å². The molecule has 0 aliphatic heterocycles. The van der Waals surface area contributed by atoms with Crippen molar-refractivity contribution < 1.29 is 19.1 Å². The maximum atomic E-state index is 12.4. The summed E-state index contributed by atoms with van der Waals surface area (Å²) in [6.45, 7) is 5.76. The number of hydrogen-bond acceptors (Lipinski definition) is 5. The number of ketones is 3. The van der Waals surface area contributed by atoms with Crippen LogP contribution in [0.4, 0.5) is 5.69 Å². The highest BCUT2D eigenvalue weighted by atomic mass is 16.5. The van der Waals surface area contributed by atoms with E-state index in [4.69, 9.17) is 4.74 Å². The van der Waals surface area contributed by atoms with Gasteiger partial charge in [0.1, 0.15) is 6.10 Å². The Morgan fingerprint density at radius 1 is 1.15 bits per heavy atom. The molecule has 1 aromatic carbocycles. The molecule has 0 radical (unpaired) electrons. The van der Waals surface area contributed by atoms with Gasteiger partial charge in [0.15, 0.2) is 17.3 Å². The molecule has 26 heavy (non-hydrogen) atoms. The average Bonchev–Trinajstić information content (AvgIpc) is 2.66. The van der Waals surface area contributed by atoms with E-state index in [9.17, 15) is 14.4 Å². The van der Waals surface area contributed by atoms with E-state index in [-0.39, 0.29) is 28.3 Å². The van der Waals surface area contributed by atoms with Crippen molar-refractivity contribution in [2.75, 3.05) is 12.4 Å². The highest BCUT2D eigenvalue weighted by Crippen LogP contribution is 2.40. The third-order valence-corrected chi connectivity index (χ3v) is 5.45. The van der Waals surface area contributed by atoms with Crippen molar-refractivity contribution in [3.63, 3.8) is 0 Å². The zero-order chi connectivity index (χ0) is 19.3. The lowest BCUT2D eigenvalue weighted by atomic mass is 9.68. The van der Waals surface area contributed by atoms with Gasteiger partial charge in [-0.05, 0) is 49.4 Å². The second-order valence-electron chi connectivity index (χ2n) is 6.93. The lowest BCUT2D eigenvalue weighted by Crippen LogP contribution is -2.35. The van der Waals surface area contributed by atoms with Gasteiger partial charge >= 0.3 is 0 Å². The summed E-state index contributed by atoms with van der Waals surface area (Å²) in [5, 5.41) is 3.00. The second kappa shape index (κ2) is 8.41. The Bertz CT molecular complexity index is 692. The van der Waals surface area contributed by atoms with E-state index in [0.29, 0.717) is 24.1 Å². The monoisotopic (exact) mass is 357 g/mol. The summed E-state index contributed by atoms with van der Waals surface area (Å²) in [5.41, 5.74) is 1.31. The van der Waals surface area contributed by atoms with Gasteiger partial charge in [0.05, 0.1) is 5.57 Å². The van der Waals surface area contributed by atoms with Crippen molar-refractivity contribution in [2.45, 2.75) is 52.6 Å². The molecule has 1 saturated carbocycles. The number of rotatable bonds is 7. The van der Waals surface area contributed by atoms with Crippen LogP contribution >= 0.6 is 0 Å². The Hall–Kier alpha value is -2.27. The molecular formula is C21H27NO4. The molecule has 1 aromatic rings. The highest BCUT2D eigenvalue weighted by molar-refractivity contribution is 6.22. The molecule has 5 nitrogen and oxygen atoms in total. The summed E-state index contributed by atoms with van der Waals surface area (Å²) in [4.78, 5) is 36.9. The van der Waals surface area contributed by atoms with Crippen molar-refractivity contribution >= 4 is 23.0 Å². The molecule has 0 aromatic heterocycles. The minimum absolute atomic E-state index is 0.0921. The predicted molar refractivity (Wildman–Crippen MR) is 101 cm³/mol. The predicted octanol–water partition coefficient (Wildman–Crippen LogP) is 3.94. The van der Waals surface area contributed by atoms with Gasteiger partial charge < -0.3 is 10.1 Å². The Morgan fingerprint density at radius 3 is 2.15 bits per heavy atom. The summed E-state index contributed by atoms with van der Waals surface area (Å²) in [6.07, 6.45) is 3.50. The summed E-state index contributed by atoms with van der Waals surface area (Å²) >= 11 is 0. The Labute approximate surface area is 154 Å². The molecular weight excluding hydrogens is 330 g/mol. The van der Waals surface area contributed by atoms with Crippen LogP contribution in [0.15, 0.2) is 36.0 Å². The quantitative estimate of drug-likeness (QED) is 0.455. The van der Waals surface area contributed by atoms with Crippen LogP contribution < -0.4 is 5.32 Å². The van der Waals surface area contributed by atoms with Crippen molar-refractivity contribution in [1.82, 2.24) is 0 Å². The third-order valence-electron chi connectivity index (χ3n) is 5.45. The fourth-order valence-corrected chi connectivity index (χ4v) is 3.23. The first-order valence-electron chi connectivity index (χ1n) is 9.06. The zero-order valence-corrected chi connectivity index (χ0v) is 15.9. The molecule has 1 aliphatic rings. The maximum Gasteiger partial charge on any atom is 0.191 e. The lowest BCUT2D eigenvalue weighted by molar-refractivity contribution is -0.128. The van der Waals surface area contributed by atoms with Crippen LogP contribution in [0.5, 0.6) is 0 Å². The van der Waals surface area contributed by atoms with Crippen molar-refractivity contribution in [3.8, 4) is 0 Å². The highest BCUT2D eigenvalue weighted by Gasteiger charge is 2.39. The first-order valence-corrected chi connectivity index (χ1v) is 9.06. The van der Waals surface area contributed by atoms with Gasteiger partial charge in [-0.1, -0.05) is 13.8 Å². The SMILES string of the molecule is CCC1(CC)CC(=O)C(=CNc2ccc(C(=O)C(C)OC)cc2)C(=O)C1. The smallest absolute Gasteiger partial charge is 0.191 e. The zero-order valence-electron chi connectivity index (χ0n) is 15.9. The van der Waals surface area contributed by atoms with Crippen LogP contribution in [0.2, 0.25) is 0 Å². The first kappa shape index (κ1) is 20.0. The van der Waals surface area contributed by atoms with Gasteiger partial charge in [0.25, 0.3) is 0 Å². The summed E-state index contributed by atoms with van der Waals surface area (Å²) < 4.78 is 5.03. The topological polar surface area (TPSA) is 72.5 Å². The molecule has 1 aliphatic carbocycles. The normalized spacial score (nSPS) is 17.8.